The van der Waals surface area contributed by atoms with Gasteiger partial charge in [0.25, 0.3) is 15.9 Å². The molecule has 0 spiro atoms. The molecule has 3 rings (SSSR count). The van der Waals surface area contributed by atoms with Crippen molar-refractivity contribution >= 4 is 27.3 Å². The van der Waals surface area contributed by atoms with Crippen LogP contribution in [0.15, 0.2) is 77.7 Å². The molecule has 0 atom stereocenters. The Morgan fingerprint density at radius 2 is 1.55 bits per heavy atom. The molecule has 0 radical (unpaired) electrons. The van der Waals surface area contributed by atoms with E-state index < -0.39 is 10.0 Å². The standard InChI is InChI=1S/C24H26N2O4S/c1-4-26(21-8-6-5-7-9-21)31(28,29)23-12-10-20(11-13-23)25-24(27)17-30-22-15-18(2)14-19(3)16-22/h5-16H,4,17H2,1-3H3,(H,25,27). The van der Waals surface area contributed by atoms with Gasteiger partial charge in [-0.25, -0.2) is 8.42 Å². The molecule has 0 bridgehead atoms. The number of nitrogens with one attached hydrogen (secondary N) is 1. The first-order valence-corrected chi connectivity index (χ1v) is 11.4. The highest BCUT2D eigenvalue weighted by Gasteiger charge is 2.23. The summed E-state index contributed by atoms with van der Waals surface area (Å²) in [5.41, 5.74) is 3.22. The average Bonchev–Trinajstić information content (AvgIpc) is 2.73. The summed E-state index contributed by atoms with van der Waals surface area (Å²) in [6.07, 6.45) is 0. The molecule has 0 aromatic heterocycles. The minimum absolute atomic E-state index is 0.138. The van der Waals surface area contributed by atoms with Crippen LogP contribution in [-0.4, -0.2) is 27.5 Å². The Labute approximate surface area is 183 Å². The SMILES string of the molecule is CCN(c1ccccc1)S(=O)(=O)c1ccc(NC(=O)COc2cc(C)cc(C)c2)cc1. The first kappa shape index (κ1) is 22.4. The fraction of sp³-hybridized carbons (Fsp3) is 0.208. The highest BCUT2D eigenvalue weighted by Crippen LogP contribution is 2.24. The quantitative estimate of drug-likeness (QED) is 0.560. The van der Waals surface area contributed by atoms with Crippen LogP contribution in [0.4, 0.5) is 11.4 Å². The van der Waals surface area contributed by atoms with Crippen molar-refractivity contribution in [1.82, 2.24) is 0 Å². The van der Waals surface area contributed by atoms with Crippen molar-refractivity contribution in [3.05, 3.63) is 83.9 Å². The number of nitrogens with zero attached hydrogens (tertiary/aromatic N) is 1. The molecule has 1 amide bonds. The third-order valence-corrected chi connectivity index (χ3v) is 6.54. The van der Waals surface area contributed by atoms with Crippen LogP contribution in [0.2, 0.25) is 0 Å². The van der Waals surface area contributed by atoms with Gasteiger partial charge in [-0.15, -0.1) is 0 Å². The maximum Gasteiger partial charge on any atom is 0.264 e. The van der Waals surface area contributed by atoms with Crippen LogP contribution in [0, 0.1) is 13.8 Å². The summed E-state index contributed by atoms with van der Waals surface area (Å²) >= 11 is 0. The Morgan fingerprint density at radius 1 is 0.935 bits per heavy atom. The van der Waals surface area contributed by atoms with Gasteiger partial charge in [0, 0.05) is 12.2 Å². The van der Waals surface area contributed by atoms with Gasteiger partial charge in [-0.2, -0.15) is 0 Å². The molecular weight excluding hydrogens is 412 g/mol. The monoisotopic (exact) mass is 438 g/mol. The van der Waals surface area contributed by atoms with Crippen LogP contribution in [0.1, 0.15) is 18.1 Å². The van der Waals surface area contributed by atoms with Crippen LogP contribution >= 0.6 is 0 Å². The second-order valence-corrected chi connectivity index (χ2v) is 9.05. The predicted molar refractivity (Wildman–Crippen MR) is 123 cm³/mol. The number of benzene rings is 3. The number of anilines is 2. The molecule has 0 heterocycles. The maximum absolute atomic E-state index is 13.0. The predicted octanol–water partition coefficient (Wildman–Crippen LogP) is 4.54. The zero-order valence-electron chi connectivity index (χ0n) is 17.8. The molecule has 6 nitrogen and oxygen atoms in total. The van der Waals surface area contributed by atoms with Crippen LogP contribution in [-0.2, 0) is 14.8 Å². The zero-order valence-corrected chi connectivity index (χ0v) is 18.6. The molecule has 0 unspecified atom stereocenters. The zero-order chi connectivity index (χ0) is 22.4. The fourth-order valence-corrected chi connectivity index (χ4v) is 4.76. The fourth-order valence-electron chi connectivity index (χ4n) is 3.29. The number of hydrogen-bond acceptors (Lipinski definition) is 4. The Balaban J connectivity index is 1.66. The molecule has 0 aliphatic carbocycles. The van der Waals surface area contributed by atoms with Gasteiger partial charge in [0.15, 0.2) is 6.61 Å². The molecule has 3 aromatic rings. The molecule has 3 aromatic carbocycles. The van der Waals surface area contributed by atoms with E-state index in [-0.39, 0.29) is 17.4 Å². The van der Waals surface area contributed by atoms with E-state index in [1.807, 2.05) is 38.1 Å². The van der Waals surface area contributed by atoms with Crippen molar-refractivity contribution in [3.8, 4) is 5.75 Å². The second kappa shape index (κ2) is 9.66. The highest BCUT2D eigenvalue weighted by molar-refractivity contribution is 7.92. The lowest BCUT2D eigenvalue weighted by molar-refractivity contribution is -0.118. The minimum atomic E-state index is -3.71. The normalized spacial score (nSPS) is 11.1. The van der Waals surface area contributed by atoms with Crippen LogP contribution < -0.4 is 14.4 Å². The number of carbonyl (C=O) groups is 1. The largest absolute Gasteiger partial charge is 0.484 e. The number of para-hydroxylation sites is 1. The number of rotatable bonds is 8. The number of aryl methyl sites for hydroxylation is 2. The Bertz CT molecular complexity index is 1120. The van der Waals surface area contributed by atoms with Crippen molar-refractivity contribution in [3.63, 3.8) is 0 Å². The summed E-state index contributed by atoms with van der Waals surface area (Å²) < 4.78 is 33.0. The van der Waals surface area contributed by atoms with E-state index in [2.05, 4.69) is 5.32 Å². The second-order valence-electron chi connectivity index (χ2n) is 7.19. The van der Waals surface area contributed by atoms with E-state index in [1.165, 1.54) is 16.4 Å². The first-order chi connectivity index (χ1) is 14.8. The van der Waals surface area contributed by atoms with Crippen LogP contribution in [0.25, 0.3) is 0 Å². The number of sulfonamides is 1. The van der Waals surface area contributed by atoms with Crippen molar-refractivity contribution in [1.29, 1.82) is 0 Å². The molecule has 0 aliphatic heterocycles. The van der Waals surface area contributed by atoms with Crippen molar-refractivity contribution in [2.24, 2.45) is 0 Å². The Hall–Kier alpha value is -3.32. The Morgan fingerprint density at radius 3 is 2.13 bits per heavy atom. The summed E-state index contributed by atoms with van der Waals surface area (Å²) in [5, 5.41) is 2.72. The molecule has 0 fully saturated rings. The van der Waals surface area contributed by atoms with E-state index >= 15 is 0 Å². The van der Waals surface area contributed by atoms with Gasteiger partial charge in [-0.1, -0.05) is 24.3 Å². The van der Waals surface area contributed by atoms with E-state index in [0.29, 0.717) is 23.7 Å². The van der Waals surface area contributed by atoms with Gasteiger partial charge in [0.1, 0.15) is 5.75 Å². The highest BCUT2D eigenvalue weighted by atomic mass is 32.2. The number of amides is 1. The lowest BCUT2D eigenvalue weighted by Gasteiger charge is -2.23. The summed E-state index contributed by atoms with van der Waals surface area (Å²) in [6.45, 7) is 5.88. The minimum Gasteiger partial charge on any atom is -0.484 e. The van der Waals surface area contributed by atoms with E-state index in [0.717, 1.165) is 11.1 Å². The van der Waals surface area contributed by atoms with Gasteiger partial charge in [0.2, 0.25) is 0 Å². The number of carbonyl (C=O) groups excluding carboxylic acids is 1. The molecule has 0 aliphatic rings. The summed E-state index contributed by atoms with van der Waals surface area (Å²) in [4.78, 5) is 12.4. The van der Waals surface area contributed by atoms with Gasteiger partial charge >= 0.3 is 0 Å². The lowest BCUT2D eigenvalue weighted by Crippen LogP contribution is -2.30. The van der Waals surface area contributed by atoms with Gasteiger partial charge in [-0.05, 0) is 80.4 Å². The lowest BCUT2D eigenvalue weighted by atomic mass is 10.1. The van der Waals surface area contributed by atoms with E-state index in [4.69, 9.17) is 4.74 Å². The molecular formula is C24H26N2O4S. The van der Waals surface area contributed by atoms with Crippen molar-refractivity contribution < 1.29 is 17.9 Å². The molecule has 162 valence electrons. The third kappa shape index (κ3) is 5.64. The van der Waals surface area contributed by atoms with Gasteiger partial charge in [0.05, 0.1) is 10.6 Å². The van der Waals surface area contributed by atoms with Crippen molar-refractivity contribution in [2.45, 2.75) is 25.7 Å². The Kier molecular flexibility index (Phi) is 6.97. The van der Waals surface area contributed by atoms with Crippen LogP contribution in [0.5, 0.6) is 5.75 Å². The summed E-state index contributed by atoms with van der Waals surface area (Å²) in [5.74, 6) is 0.309. The average molecular weight is 439 g/mol. The van der Waals surface area contributed by atoms with Crippen LogP contribution in [0.3, 0.4) is 0 Å². The smallest absolute Gasteiger partial charge is 0.264 e. The molecule has 0 saturated heterocycles. The third-order valence-electron chi connectivity index (χ3n) is 4.62. The maximum atomic E-state index is 13.0. The summed E-state index contributed by atoms with van der Waals surface area (Å²) in [7, 11) is -3.71. The van der Waals surface area contributed by atoms with Gasteiger partial charge in [-0.3, -0.25) is 9.10 Å². The topological polar surface area (TPSA) is 75.7 Å². The summed E-state index contributed by atoms with van der Waals surface area (Å²) in [6, 6.07) is 20.8. The van der Waals surface area contributed by atoms with Gasteiger partial charge < -0.3 is 10.1 Å². The number of ether oxygens (including phenoxy) is 1. The molecule has 0 saturated carbocycles. The van der Waals surface area contributed by atoms with E-state index in [1.54, 1.807) is 43.3 Å². The molecule has 31 heavy (non-hydrogen) atoms. The molecule has 7 heteroatoms. The number of hydrogen-bond donors (Lipinski definition) is 1. The van der Waals surface area contributed by atoms with E-state index in [9.17, 15) is 13.2 Å². The first-order valence-electron chi connectivity index (χ1n) is 9.98. The van der Waals surface area contributed by atoms with Crippen molar-refractivity contribution in [2.75, 3.05) is 22.8 Å². The molecule has 1 N–H and O–H groups in total.